The molecule has 0 saturated carbocycles. The Morgan fingerprint density at radius 2 is 2.07 bits per heavy atom. The fraction of sp³-hybridized carbons (Fsp3) is 0.333. The van der Waals surface area contributed by atoms with Crippen LogP contribution in [0.3, 0.4) is 0 Å². The van der Waals surface area contributed by atoms with Crippen LogP contribution in [0.15, 0.2) is 24.3 Å². The quantitative estimate of drug-likeness (QED) is 0.819. The van der Waals surface area contributed by atoms with Crippen LogP contribution in [0.4, 0.5) is 0 Å². The SMILES string of the molecule is COc1cccc(C(C)S(N)(=O)=O)c1. The highest BCUT2D eigenvalue weighted by Crippen LogP contribution is 2.22. The number of ether oxygens (including phenoxy) is 1. The first-order valence-electron chi connectivity index (χ1n) is 4.10. The van der Waals surface area contributed by atoms with Gasteiger partial charge < -0.3 is 4.74 Å². The summed E-state index contributed by atoms with van der Waals surface area (Å²) in [6.07, 6.45) is 0. The summed E-state index contributed by atoms with van der Waals surface area (Å²) in [5, 5.41) is 4.32. The Kier molecular flexibility index (Phi) is 3.13. The van der Waals surface area contributed by atoms with Crippen LogP contribution in [0.5, 0.6) is 5.75 Å². The zero-order valence-corrected chi connectivity index (χ0v) is 8.91. The number of benzene rings is 1. The molecular formula is C9H13NO3S. The van der Waals surface area contributed by atoms with E-state index in [9.17, 15) is 8.42 Å². The summed E-state index contributed by atoms with van der Waals surface area (Å²) in [4.78, 5) is 0. The van der Waals surface area contributed by atoms with Crippen LogP contribution >= 0.6 is 0 Å². The minimum Gasteiger partial charge on any atom is -0.497 e. The maximum Gasteiger partial charge on any atom is 0.215 e. The molecule has 1 aromatic rings. The second-order valence-electron chi connectivity index (χ2n) is 3.01. The molecule has 1 unspecified atom stereocenters. The molecule has 4 nitrogen and oxygen atoms in total. The van der Waals surface area contributed by atoms with Gasteiger partial charge in [-0.1, -0.05) is 12.1 Å². The Hall–Kier alpha value is -1.07. The van der Waals surface area contributed by atoms with Gasteiger partial charge >= 0.3 is 0 Å². The highest BCUT2D eigenvalue weighted by Gasteiger charge is 2.17. The highest BCUT2D eigenvalue weighted by atomic mass is 32.2. The second-order valence-corrected chi connectivity index (χ2v) is 4.89. The normalized spacial score (nSPS) is 13.6. The molecule has 2 N–H and O–H groups in total. The van der Waals surface area contributed by atoms with E-state index in [0.29, 0.717) is 11.3 Å². The molecule has 1 rings (SSSR count). The number of primary sulfonamides is 1. The fourth-order valence-electron chi connectivity index (χ4n) is 1.08. The number of methoxy groups -OCH3 is 1. The van der Waals surface area contributed by atoms with Gasteiger partial charge in [0, 0.05) is 0 Å². The van der Waals surface area contributed by atoms with E-state index in [1.54, 1.807) is 31.2 Å². The summed E-state index contributed by atoms with van der Waals surface area (Å²) in [6, 6.07) is 6.85. The fourth-order valence-corrected chi connectivity index (χ4v) is 1.61. The van der Waals surface area contributed by atoms with Crippen LogP contribution in [-0.2, 0) is 10.0 Å². The number of sulfonamides is 1. The Labute approximate surface area is 83.7 Å². The summed E-state index contributed by atoms with van der Waals surface area (Å²) in [5.41, 5.74) is 0.631. The molecule has 0 radical (unpaired) electrons. The van der Waals surface area contributed by atoms with Gasteiger partial charge in [0.15, 0.2) is 0 Å². The highest BCUT2D eigenvalue weighted by molar-refractivity contribution is 7.89. The molecule has 0 bridgehead atoms. The average molecular weight is 215 g/mol. The molecule has 0 heterocycles. The van der Waals surface area contributed by atoms with Crippen LogP contribution in [0, 0.1) is 0 Å². The molecule has 0 aromatic heterocycles. The Bertz CT molecular complexity index is 414. The number of nitrogens with two attached hydrogens (primary N) is 1. The molecule has 5 heteroatoms. The third-order valence-corrected chi connectivity index (χ3v) is 3.31. The monoisotopic (exact) mass is 215 g/mol. The molecule has 0 aliphatic carbocycles. The molecule has 1 aromatic carbocycles. The van der Waals surface area contributed by atoms with Gasteiger partial charge in [-0.2, -0.15) is 0 Å². The standard InChI is InChI=1S/C9H13NO3S/c1-7(14(10,11)12)8-4-3-5-9(6-8)13-2/h3-7H,1-2H3,(H2,10,11,12). The van der Waals surface area contributed by atoms with Crippen molar-refractivity contribution in [3.63, 3.8) is 0 Å². The van der Waals surface area contributed by atoms with E-state index in [4.69, 9.17) is 9.88 Å². The van der Waals surface area contributed by atoms with Crippen LogP contribution in [-0.4, -0.2) is 15.5 Å². The van der Waals surface area contributed by atoms with Gasteiger partial charge in [-0.15, -0.1) is 0 Å². The summed E-state index contributed by atoms with van der Waals surface area (Å²) < 4.78 is 27.1. The molecule has 78 valence electrons. The summed E-state index contributed by atoms with van der Waals surface area (Å²) in [5.74, 6) is 0.623. The molecule has 14 heavy (non-hydrogen) atoms. The van der Waals surface area contributed by atoms with Crippen LogP contribution < -0.4 is 9.88 Å². The van der Waals surface area contributed by atoms with Gasteiger partial charge in [0.1, 0.15) is 5.75 Å². The first-order valence-corrected chi connectivity index (χ1v) is 5.71. The van der Waals surface area contributed by atoms with Crippen LogP contribution in [0.1, 0.15) is 17.7 Å². The van der Waals surface area contributed by atoms with Gasteiger partial charge in [-0.25, -0.2) is 13.6 Å². The van der Waals surface area contributed by atoms with Gasteiger partial charge in [-0.05, 0) is 24.6 Å². The third kappa shape index (κ3) is 2.46. The first-order chi connectivity index (χ1) is 6.45. The second kappa shape index (κ2) is 3.98. The predicted octanol–water partition coefficient (Wildman–Crippen LogP) is 1.04. The lowest BCUT2D eigenvalue weighted by atomic mass is 10.1. The van der Waals surface area contributed by atoms with E-state index in [1.165, 1.54) is 7.11 Å². The lowest BCUT2D eigenvalue weighted by Gasteiger charge is -2.10. The molecule has 0 aliphatic heterocycles. The van der Waals surface area contributed by atoms with Gasteiger partial charge in [-0.3, -0.25) is 0 Å². The molecule has 0 amide bonds. The summed E-state index contributed by atoms with van der Waals surface area (Å²) >= 11 is 0. The van der Waals surface area contributed by atoms with Crippen molar-refractivity contribution in [1.29, 1.82) is 0 Å². The van der Waals surface area contributed by atoms with Gasteiger partial charge in [0.25, 0.3) is 0 Å². The van der Waals surface area contributed by atoms with Gasteiger partial charge in [0.2, 0.25) is 10.0 Å². The lowest BCUT2D eigenvalue weighted by molar-refractivity contribution is 0.414. The largest absolute Gasteiger partial charge is 0.497 e. The van der Waals surface area contributed by atoms with E-state index >= 15 is 0 Å². The zero-order valence-electron chi connectivity index (χ0n) is 8.10. The first kappa shape index (κ1) is 11.0. The molecule has 0 aliphatic rings. The summed E-state index contributed by atoms with van der Waals surface area (Å²) in [7, 11) is -2.01. The Morgan fingerprint density at radius 3 is 2.57 bits per heavy atom. The van der Waals surface area contributed by atoms with Crippen LogP contribution in [0.25, 0.3) is 0 Å². The van der Waals surface area contributed by atoms with Crippen molar-refractivity contribution in [3.05, 3.63) is 29.8 Å². The van der Waals surface area contributed by atoms with E-state index in [2.05, 4.69) is 0 Å². The molecule has 0 saturated heterocycles. The van der Waals surface area contributed by atoms with E-state index in [-0.39, 0.29) is 0 Å². The van der Waals surface area contributed by atoms with Crippen molar-refractivity contribution in [3.8, 4) is 5.75 Å². The molecule has 0 fully saturated rings. The zero-order chi connectivity index (χ0) is 10.8. The smallest absolute Gasteiger partial charge is 0.215 e. The number of hydrogen-bond acceptors (Lipinski definition) is 3. The third-order valence-electron chi connectivity index (χ3n) is 2.06. The minimum atomic E-state index is -3.54. The number of hydrogen-bond donors (Lipinski definition) is 1. The van der Waals surface area contributed by atoms with Crippen molar-refractivity contribution in [2.24, 2.45) is 5.14 Å². The molecule has 1 atom stereocenters. The van der Waals surface area contributed by atoms with Crippen molar-refractivity contribution >= 4 is 10.0 Å². The predicted molar refractivity (Wildman–Crippen MR) is 54.5 cm³/mol. The van der Waals surface area contributed by atoms with E-state index < -0.39 is 15.3 Å². The van der Waals surface area contributed by atoms with Crippen molar-refractivity contribution < 1.29 is 13.2 Å². The Morgan fingerprint density at radius 1 is 1.43 bits per heavy atom. The Balaban J connectivity index is 3.08. The van der Waals surface area contributed by atoms with Crippen molar-refractivity contribution in [2.75, 3.05) is 7.11 Å². The maximum absolute atomic E-state index is 11.1. The molecular weight excluding hydrogens is 202 g/mol. The summed E-state index contributed by atoms with van der Waals surface area (Å²) in [6.45, 7) is 1.55. The van der Waals surface area contributed by atoms with Crippen molar-refractivity contribution in [1.82, 2.24) is 0 Å². The maximum atomic E-state index is 11.1. The van der Waals surface area contributed by atoms with E-state index in [0.717, 1.165) is 0 Å². The topological polar surface area (TPSA) is 69.4 Å². The van der Waals surface area contributed by atoms with Crippen molar-refractivity contribution in [2.45, 2.75) is 12.2 Å². The van der Waals surface area contributed by atoms with Crippen LogP contribution in [0.2, 0.25) is 0 Å². The van der Waals surface area contributed by atoms with E-state index in [1.807, 2.05) is 0 Å². The lowest BCUT2D eigenvalue weighted by Crippen LogP contribution is -2.19. The minimum absolute atomic E-state index is 0.623. The molecule has 0 spiro atoms. The number of rotatable bonds is 3. The van der Waals surface area contributed by atoms with Gasteiger partial charge in [0.05, 0.1) is 12.4 Å². The average Bonchev–Trinajstić information content (AvgIpc) is 2.15.